The Morgan fingerprint density at radius 2 is 1.82 bits per heavy atom. The fraction of sp³-hybridized carbons (Fsp3) is 0.0909. The van der Waals surface area contributed by atoms with E-state index in [9.17, 15) is 8.78 Å². The molecule has 0 amide bonds. The summed E-state index contributed by atoms with van der Waals surface area (Å²) in [5, 5.41) is 2.80. The van der Waals surface area contributed by atoms with Crippen molar-refractivity contribution in [2.75, 3.05) is 5.32 Å². The highest BCUT2D eigenvalue weighted by molar-refractivity contribution is 9.10. The number of hydrogen-bond acceptors (Lipinski definition) is 3. The number of hydrogen-bond donors (Lipinski definition) is 1. The summed E-state index contributed by atoms with van der Waals surface area (Å²) < 4.78 is 26.6. The number of rotatable bonds is 3. The van der Waals surface area contributed by atoms with Crippen LogP contribution in [0, 0.1) is 11.6 Å². The molecule has 0 aliphatic heterocycles. The van der Waals surface area contributed by atoms with Gasteiger partial charge in [0.15, 0.2) is 0 Å². The molecule has 3 nitrogen and oxygen atoms in total. The Morgan fingerprint density at radius 1 is 1.12 bits per heavy atom. The van der Waals surface area contributed by atoms with Gasteiger partial charge in [0.2, 0.25) is 0 Å². The summed E-state index contributed by atoms with van der Waals surface area (Å²) in [6.07, 6.45) is 3.20. The van der Waals surface area contributed by atoms with Crippen LogP contribution in [0.1, 0.15) is 5.82 Å². The lowest BCUT2D eigenvalue weighted by Gasteiger charge is -2.07. The van der Waals surface area contributed by atoms with Crippen LogP contribution in [-0.2, 0) is 6.54 Å². The van der Waals surface area contributed by atoms with Crippen molar-refractivity contribution in [3.63, 3.8) is 0 Å². The molecule has 1 aromatic carbocycles. The molecular weight excluding hydrogens is 292 g/mol. The van der Waals surface area contributed by atoms with Gasteiger partial charge in [-0.2, -0.15) is 0 Å². The van der Waals surface area contributed by atoms with Crippen molar-refractivity contribution in [2.24, 2.45) is 0 Å². The molecule has 0 fully saturated rings. The summed E-state index contributed by atoms with van der Waals surface area (Å²) >= 11 is 2.99. The van der Waals surface area contributed by atoms with Crippen molar-refractivity contribution >= 4 is 21.6 Å². The second-order valence-electron chi connectivity index (χ2n) is 3.26. The highest BCUT2D eigenvalue weighted by Gasteiger charge is 2.08. The summed E-state index contributed by atoms with van der Waals surface area (Å²) in [7, 11) is 0. The van der Waals surface area contributed by atoms with E-state index >= 15 is 0 Å². The van der Waals surface area contributed by atoms with E-state index < -0.39 is 11.6 Å². The summed E-state index contributed by atoms with van der Waals surface area (Å²) in [6, 6.07) is 3.85. The van der Waals surface area contributed by atoms with Gasteiger partial charge in [-0.1, -0.05) is 0 Å². The average molecular weight is 300 g/mol. The van der Waals surface area contributed by atoms with Gasteiger partial charge in [0, 0.05) is 18.5 Å². The number of aromatic nitrogens is 2. The summed E-state index contributed by atoms with van der Waals surface area (Å²) in [5.41, 5.74) is 0.200. The second-order valence-corrected chi connectivity index (χ2v) is 4.12. The van der Waals surface area contributed by atoms with Crippen LogP contribution in [0.3, 0.4) is 0 Å². The van der Waals surface area contributed by atoms with Gasteiger partial charge in [-0.15, -0.1) is 0 Å². The fourth-order valence-electron chi connectivity index (χ4n) is 1.25. The molecule has 88 valence electrons. The van der Waals surface area contributed by atoms with Gasteiger partial charge in [-0.05, 0) is 28.1 Å². The highest BCUT2D eigenvalue weighted by atomic mass is 79.9. The topological polar surface area (TPSA) is 37.8 Å². The minimum absolute atomic E-state index is 0.200. The third-order valence-electron chi connectivity index (χ3n) is 2.07. The minimum Gasteiger partial charge on any atom is -0.375 e. The largest absolute Gasteiger partial charge is 0.375 e. The molecule has 0 saturated carbocycles. The van der Waals surface area contributed by atoms with Crippen LogP contribution in [0.15, 0.2) is 35.1 Å². The van der Waals surface area contributed by atoms with E-state index in [0.29, 0.717) is 5.82 Å². The molecule has 0 bridgehead atoms. The molecule has 0 atom stereocenters. The Kier molecular flexibility index (Phi) is 3.63. The van der Waals surface area contributed by atoms with Crippen LogP contribution in [0.4, 0.5) is 14.5 Å². The van der Waals surface area contributed by atoms with Crippen LogP contribution in [0.2, 0.25) is 0 Å². The highest BCUT2D eigenvalue weighted by Crippen LogP contribution is 2.23. The first-order chi connectivity index (χ1) is 8.16. The van der Waals surface area contributed by atoms with Crippen molar-refractivity contribution in [1.29, 1.82) is 0 Å². The molecule has 0 unspecified atom stereocenters. The van der Waals surface area contributed by atoms with Gasteiger partial charge in [0.05, 0.1) is 16.7 Å². The van der Waals surface area contributed by atoms with Gasteiger partial charge in [-0.3, -0.25) is 0 Å². The summed E-state index contributed by atoms with van der Waals surface area (Å²) in [6.45, 7) is 0.274. The second kappa shape index (κ2) is 5.18. The van der Waals surface area contributed by atoms with E-state index in [1.54, 1.807) is 18.5 Å². The number of nitrogens with one attached hydrogen (secondary N) is 1. The third-order valence-corrected chi connectivity index (χ3v) is 2.67. The molecule has 0 aliphatic carbocycles. The average Bonchev–Trinajstić information content (AvgIpc) is 2.33. The normalized spacial score (nSPS) is 10.3. The van der Waals surface area contributed by atoms with Crippen molar-refractivity contribution in [3.05, 3.63) is 52.5 Å². The monoisotopic (exact) mass is 299 g/mol. The maximum absolute atomic E-state index is 13.4. The van der Waals surface area contributed by atoms with Gasteiger partial charge >= 0.3 is 0 Å². The Bertz CT molecular complexity index is 520. The molecule has 2 aromatic rings. The molecule has 6 heteroatoms. The van der Waals surface area contributed by atoms with Crippen LogP contribution >= 0.6 is 15.9 Å². The third kappa shape index (κ3) is 2.97. The number of halogens is 3. The molecule has 0 radical (unpaired) electrons. The molecular formula is C11H8BrF2N3. The molecule has 1 aromatic heterocycles. The number of nitrogens with zero attached hydrogens (tertiary/aromatic N) is 2. The lowest BCUT2D eigenvalue weighted by atomic mass is 10.3. The first-order valence-corrected chi connectivity index (χ1v) is 5.60. The van der Waals surface area contributed by atoms with E-state index in [1.165, 1.54) is 6.07 Å². The van der Waals surface area contributed by atoms with Crippen molar-refractivity contribution in [2.45, 2.75) is 6.54 Å². The van der Waals surface area contributed by atoms with Crippen LogP contribution in [0.25, 0.3) is 0 Å². The van der Waals surface area contributed by atoms with E-state index in [4.69, 9.17) is 0 Å². The Morgan fingerprint density at radius 3 is 2.53 bits per heavy atom. The minimum atomic E-state index is -0.651. The van der Waals surface area contributed by atoms with Gasteiger partial charge in [0.25, 0.3) is 0 Å². The van der Waals surface area contributed by atoms with Gasteiger partial charge in [-0.25, -0.2) is 18.7 Å². The van der Waals surface area contributed by atoms with Crippen LogP contribution < -0.4 is 5.32 Å². The lowest BCUT2D eigenvalue weighted by molar-refractivity contribution is 0.580. The van der Waals surface area contributed by atoms with Gasteiger partial charge < -0.3 is 5.32 Å². The van der Waals surface area contributed by atoms with Crippen LogP contribution in [0.5, 0.6) is 0 Å². The Hall–Kier alpha value is -1.56. The van der Waals surface area contributed by atoms with Crippen LogP contribution in [-0.4, -0.2) is 9.97 Å². The zero-order valence-electron chi connectivity index (χ0n) is 8.62. The molecule has 0 spiro atoms. The first-order valence-electron chi connectivity index (χ1n) is 4.81. The van der Waals surface area contributed by atoms with E-state index in [1.807, 2.05) is 0 Å². The zero-order chi connectivity index (χ0) is 12.3. The molecule has 1 heterocycles. The number of benzene rings is 1. The molecule has 17 heavy (non-hydrogen) atoms. The maximum atomic E-state index is 13.4. The van der Waals surface area contributed by atoms with E-state index in [2.05, 4.69) is 31.2 Å². The van der Waals surface area contributed by atoms with Crippen molar-refractivity contribution in [1.82, 2.24) is 9.97 Å². The number of anilines is 1. The summed E-state index contributed by atoms with van der Waals surface area (Å²) in [4.78, 5) is 7.96. The molecule has 1 N–H and O–H groups in total. The van der Waals surface area contributed by atoms with Crippen molar-refractivity contribution < 1.29 is 8.78 Å². The quantitative estimate of drug-likeness (QED) is 0.885. The molecule has 0 saturated heterocycles. The standard InChI is InChI=1S/C11H8BrF2N3/c12-7-4-10(9(14)5-8(7)13)17-6-11-15-2-1-3-16-11/h1-5,17H,6H2. The lowest BCUT2D eigenvalue weighted by Crippen LogP contribution is -2.05. The SMILES string of the molecule is Fc1cc(F)c(NCc2ncccn2)cc1Br. The van der Waals surface area contributed by atoms with Crippen molar-refractivity contribution in [3.8, 4) is 0 Å². The fourth-order valence-corrected chi connectivity index (χ4v) is 1.60. The zero-order valence-corrected chi connectivity index (χ0v) is 10.2. The summed E-state index contributed by atoms with van der Waals surface area (Å²) in [5.74, 6) is -0.752. The molecule has 2 rings (SSSR count). The van der Waals surface area contributed by atoms with Gasteiger partial charge in [0.1, 0.15) is 17.5 Å². The predicted molar refractivity (Wildman–Crippen MR) is 63.4 cm³/mol. The maximum Gasteiger partial charge on any atom is 0.149 e. The van der Waals surface area contributed by atoms with E-state index in [-0.39, 0.29) is 16.7 Å². The Labute approximate surface area is 105 Å². The Balaban J connectivity index is 2.12. The predicted octanol–water partition coefficient (Wildman–Crippen LogP) is 3.13. The first kappa shape index (κ1) is 11.9. The smallest absolute Gasteiger partial charge is 0.149 e. The van der Waals surface area contributed by atoms with E-state index in [0.717, 1.165) is 6.07 Å². The molecule has 0 aliphatic rings.